The highest BCUT2D eigenvalue weighted by Crippen LogP contribution is 2.21. The third-order valence-electron chi connectivity index (χ3n) is 3.46. The maximum absolute atomic E-state index is 10.7. The number of carboxylic acid groups (broad SMARTS) is 1. The SMILES string of the molecule is O=C(O)CC1CN(Cc2ccccc2)CCC1O. The number of aliphatic carboxylic acids is 1. The van der Waals surface area contributed by atoms with Gasteiger partial charge in [-0.2, -0.15) is 0 Å². The van der Waals surface area contributed by atoms with Crippen LogP contribution in [0.2, 0.25) is 0 Å². The molecule has 1 fully saturated rings. The summed E-state index contributed by atoms with van der Waals surface area (Å²) in [6.07, 6.45) is 0.227. The number of aliphatic hydroxyl groups is 1. The van der Waals surface area contributed by atoms with E-state index in [4.69, 9.17) is 5.11 Å². The molecule has 0 amide bonds. The van der Waals surface area contributed by atoms with Crippen molar-refractivity contribution in [2.75, 3.05) is 13.1 Å². The van der Waals surface area contributed by atoms with Crippen molar-refractivity contribution in [3.8, 4) is 0 Å². The Labute approximate surface area is 107 Å². The van der Waals surface area contributed by atoms with E-state index in [0.29, 0.717) is 13.0 Å². The third kappa shape index (κ3) is 3.55. The van der Waals surface area contributed by atoms with Crippen molar-refractivity contribution in [2.45, 2.75) is 25.5 Å². The monoisotopic (exact) mass is 249 g/mol. The van der Waals surface area contributed by atoms with E-state index in [1.54, 1.807) is 0 Å². The Hall–Kier alpha value is -1.39. The molecular formula is C14H19NO3. The van der Waals surface area contributed by atoms with Crippen LogP contribution in [-0.2, 0) is 11.3 Å². The predicted molar refractivity (Wildman–Crippen MR) is 68.1 cm³/mol. The first-order valence-electron chi connectivity index (χ1n) is 6.31. The quantitative estimate of drug-likeness (QED) is 0.845. The predicted octanol–water partition coefficient (Wildman–Crippen LogP) is 1.34. The molecule has 0 radical (unpaired) electrons. The van der Waals surface area contributed by atoms with E-state index in [2.05, 4.69) is 17.0 Å². The Bertz CT molecular complexity index is 393. The lowest BCUT2D eigenvalue weighted by atomic mass is 9.91. The van der Waals surface area contributed by atoms with E-state index in [0.717, 1.165) is 13.1 Å². The zero-order valence-electron chi connectivity index (χ0n) is 10.3. The highest BCUT2D eigenvalue weighted by atomic mass is 16.4. The van der Waals surface area contributed by atoms with E-state index in [1.807, 2.05) is 18.2 Å². The Morgan fingerprint density at radius 3 is 2.72 bits per heavy atom. The van der Waals surface area contributed by atoms with Gasteiger partial charge >= 0.3 is 5.97 Å². The summed E-state index contributed by atoms with van der Waals surface area (Å²) in [7, 11) is 0. The van der Waals surface area contributed by atoms with Gasteiger partial charge in [-0.15, -0.1) is 0 Å². The smallest absolute Gasteiger partial charge is 0.303 e. The molecule has 0 bridgehead atoms. The largest absolute Gasteiger partial charge is 0.481 e. The molecule has 1 heterocycles. The van der Waals surface area contributed by atoms with Crippen LogP contribution in [0.4, 0.5) is 0 Å². The number of carboxylic acids is 1. The number of likely N-dealkylation sites (tertiary alicyclic amines) is 1. The molecule has 0 aliphatic carbocycles. The number of carbonyl (C=O) groups is 1. The molecule has 2 N–H and O–H groups in total. The number of piperidine rings is 1. The first-order chi connectivity index (χ1) is 8.65. The first-order valence-corrected chi connectivity index (χ1v) is 6.31. The minimum absolute atomic E-state index is 0.0481. The molecule has 1 aromatic carbocycles. The molecule has 0 saturated carbocycles. The van der Waals surface area contributed by atoms with Crippen LogP contribution in [0.5, 0.6) is 0 Å². The zero-order chi connectivity index (χ0) is 13.0. The highest BCUT2D eigenvalue weighted by molar-refractivity contribution is 5.67. The van der Waals surface area contributed by atoms with Gasteiger partial charge in [-0.3, -0.25) is 9.69 Å². The molecule has 2 atom stereocenters. The number of benzene rings is 1. The Kier molecular flexibility index (Phi) is 4.33. The van der Waals surface area contributed by atoms with Gasteiger partial charge in [0.2, 0.25) is 0 Å². The van der Waals surface area contributed by atoms with Crippen LogP contribution in [0.15, 0.2) is 30.3 Å². The summed E-state index contributed by atoms with van der Waals surface area (Å²) in [4.78, 5) is 13.0. The summed E-state index contributed by atoms with van der Waals surface area (Å²) in [5.74, 6) is -0.986. The number of nitrogens with zero attached hydrogens (tertiary/aromatic N) is 1. The van der Waals surface area contributed by atoms with Crippen molar-refractivity contribution in [1.82, 2.24) is 4.90 Å². The standard InChI is InChI=1S/C14H19NO3/c16-13-6-7-15(10-12(13)8-14(17)18)9-11-4-2-1-3-5-11/h1-5,12-13,16H,6-10H2,(H,17,18). The van der Waals surface area contributed by atoms with Crippen molar-refractivity contribution >= 4 is 5.97 Å². The van der Waals surface area contributed by atoms with E-state index in [9.17, 15) is 9.90 Å². The molecule has 0 aromatic heterocycles. The van der Waals surface area contributed by atoms with Crippen molar-refractivity contribution in [1.29, 1.82) is 0 Å². The minimum atomic E-state index is -0.833. The van der Waals surface area contributed by atoms with Gasteiger partial charge in [-0.05, 0) is 12.0 Å². The van der Waals surface area contributed by atoms with Crippen LogP contribution in [0.25, 0.3) is 0 Å². The van der Waals surface area contributed by atoms with E-state index >= 15 is 0 Å². The first kappa shape index (κ1) is 13.1. The topological polar surface area (TPSA) is 60.8 Å². The summed E-state index contributed by atoms with van der Waals surface area (Å²) in [6.45, 7) is 2.30. The normalized spacial score (nSPS) is 24.9. The Morgan fingerprint density at radius 2 is 2.06 bits per heavy atom. The van der Waals surface area contributed by atoms with Gasteiger partial charge in [0.1, 0.15) is 0 Å². The molecule has 2 rings (SSSR count). The average molecular weight is 249 g/mol. The molecule has 1 aromatic rings. The Morgan fingerprint density at radius 1 is 1.33 bits per heavy atom. The number of aliphatic hydroxyl groups excluding tert-OH is 1. The van der Waals surface area contributed by atoms with Gasteiger partial charge in [0.15, 0.2) is 0 Å². The fraction of sp³-hybridized carbons (Fsp3) is 0.500. The van der Waals surface area contributed by atoms with Crippen LogP contribution in [-0.4, -0.2) is 40.3 Å². The molecule has 4 nitrogen and oxygen atoms in total. The van der Waals surface area contributed by atoms with E-state index < -0.39 is 12.1 Å². The van der Waals surface area contributed by atoms with Gasteiger partial charge in [-0.1, -0.05) is 30.3 Å². The molecule has 98 valence electrons. The molecule has 4 heteroatoms. The lowest BCUT2D eigenvalue weighted by Gasteiger charge is -2.35. The Balaban J connectivity index is 1.93. The van der Waals surface area contributed by atoms with Crippen molar-refractivity contribution in [3.05, 3.63) is 35.9 Å². The van der Waals surface area contributed by atoms with E-state index in [1.165, 1.54) is 5.56 Å². The minimum Gasteiger partial charge on any atom is -0.481 e. The number of hydrogen-bond acceptors (Lipinski definition) is 3. The van der Waals surface area contributed by atoms with Crippen LogP contribution >= 0.6 is 0 Å². The van der Waals surface area contributed by atoms with Crippen molar-refractivity contribution in [2.24, 2.45) is 5.92 Å². The molecule has 1 aliphatic rings. The fourth-order valence-corrected chi connectivity index (χ4v) is 2.51. The molecule has 2 unspecified atom stereocenters. The fourth-order valence-electron chi connectivity index (χ4n) is 2.51. The molecule has 1 aliphatic heterocycles. The van der Waals surface area contributed by atoms with Crippen LogP contribution in [0, 0.1) is 5.92 Å². The lowest BCUT2D eigenvalue weighted by molar-refractivity contribution is -0.140. The summed E-state index contributed by atoms with van der Waals surface area (Å²) in [5, 5.41) is 18.6. The molecule has 18 heavy (non-hydrogen) atoms. The average Bonchev–Trinajstić information content (AvgIpc) is 2.34. The summed E-state index contributed by atoms with van der Waals surface area (Å²) in [5.41, 5.74) is 1.22. The van der Waals surface area contributed by atoms with Gasteiger partial charge in [-0.25, -0.2) is 0 Å². The number of rotatable bonds is 4. The second kappa shape index (κ2) is 5.98. The lowest BCUT2D eigenvalue weighted by Crippen LogP contribution is -2.43. The molecule has 1 saturated heterocycles. The third-order valence-corrected chi connectivity index (χ3v) is 3.46. The van der Waals surface area contributed by atoms with Crippen molar-refractivity contribution in [3.63, 3.8) is 0 Å². The van der Waals surface area contributed by atoms with E-state index in [-0.39, 0.29) is 12.3 Å². The highest BCUT2D eigenvalue weighted by Gasteiger charge is 2.29. The van der Waals surface area contributed by atoms with Crippen LogP contribution < -0.4 is 0 Å². The van der Waals surface area contributed by atoms with Gasteiger partial charge in [0, 0.05) is 25.6 Å². The maximum Gasteiger partial charge on any atom is 0.303 e. The zero-order valence-corrected chi connectivity index (χ0v) is 10.3. The van der Waals surface area contributed by atoms with Gasteiger partial charge in [0.05, 0.1) is 12.5 Å². The van der Waals surface area contributed by atoms with Crippen LogP contribution in [0.1, 0.15) is 18.4 Å². The summed E-state index contributed by atoms with van der Waals surface area (Å²) < 4.78 is 0. The second-order valence-electron chi connectivity index (χ2n) is 4.93. The van der Waals surface area contributed by atoms with Gasteiger partial charge < -0.3 is 10.2 Å². The summed E-state index contributed by atoms with van der Waals surface area (Å²) in [6, 6.07) is 10.1. The van der Waals surface area contributed by atoms with Crippen molar-refractivity contribution < 1.29 is 15.0 Å². The molecule has 0 spiro atoms. The molecular weight excluding hydrogens is 230 g/mol. The van der Waals surface area contributed by atoms with Gasteiger partial charge in [0.25, 0.3) is 0 Å². The second-order valence-corrected chi connectivity index (χ2v) is 4.93. The maximum atomic E-state index is 10.7. The van der Waals surface area contributed by atoms with Crippen LogP contribution in [0.3, 0.4) is 0 Å². The summed E-state index contributed by atoms with van der Waals surface area (Å²) >= 11 is 0. The number of hydrogen-bond donors (Lipinski definition) is 2.